The maximum atomic E-state index is 12.6. The quantitative estimate of drug-likeness (QED) is 0.419. The molecule has 0 saturated carbocycles. The fourth-order valence-corrected chi connectivity index (χ4v) is 3.61. The predicted molar refractivity (Wildman–Crippen MR) is 113 cm³/mol. The highest BCUT2D eigenvalue weighted by Gasteiger charge is 2.24. The zero-order valence-electron chi connectivity index (χ0n) is 16.0. The number of nitrogens with one attached hydrogen (secondary N) is 1. The van der Waals surface area contributed by atoms with Crippen LogP contribution >= 0.6 is 0 Å². The number of nitrogens with zero attached hydrogens (tertiary/aromatic N) is 1. The lowest BCUT2D eigenvalue weighted by molar-refractivity contribution is -0.142. The molecule has 0 aliphatic rings. The summed E-state index contributed by atoms with van der Waals surface area (Å²) in [7, 11) is 1.33. The molecule has 4 aromatic rings. The minimum atomic E-state index is -0.818. The molecule has 4 rings (SSSR count). The van der Waals surface area contributed by atoms with E-state index >= 15 is 0 Å². The van der Waals surface area contributed by atoms with Crippen LogP contribution in [0.5, 0.6) is 0 Å². The normalized spacial score (nSPS) is 11.9. The van der Waals surface area contributed by atoms with Gasteiger partial charge in [0.05, 0.1) is 12.7 Å². The van der Waals surface area contributed by atoms with E-state index < -0.39 is 12.0 Å². The van der Waals surface area contributed by atoms with Crippen molar-refractivity contribution in [1.82, 2.24) is 10.3 Å². The standard InChI is InChI=1S/C24H20N2O3/c1-29-24(28)22(26-23(27)18-9-6-12-25-15-18)14-21-19-10-4-2-7-16(19)13-17-8-3-5-11-20(17)21/h2-13,15,22H,14H2,1H3,(H,26,27)/t22-/m0/s1. The fourth-order valence-electron chi connectivity index (χ4n) is 3.61. The Morgan fingerprint density at radius 1 is 0.966 bits per heavy atom. The number of amides is 1. The van der Waals surface area contributed by atoms with Crippen LogP contribution in [0.3, 0.4) is 0 Å². The van der Waals surface area contributed by atoms with E-state index in [0.717, 1.165) is 27.1 Å². The van der Waals surface area contributed by atoms with E-state index in [1.165, 1.54) is 13.3 Å². The van der Waals surface area contributed by atoms with Gasteiger partial charge >= 0.3 is 5.97 Å². The van der Waals surface area contributed by atoms with E-state index in [9.17, 15) is 9.59 Å². The molecule has 1 N–H and O–H groups in total. The molecule has 1 amide bonds. The first-order valence-corrected chi connectivity index (χ1v) is 9.35. The van der Waals surface area contributed by atoms with Crippen LogP contribution in [0.2, 0.25) is 0 Å². The maximum absolute atomic E-state index is 12.6. The van der Waals surface area contributed by atoms with Crippen molar-refractivity contribution < 1.29 is 14.3 Å². The van der Waals surface area contributed by atoms with Crippen LogP contribution in [0, 0.1) is 0 Å². The summed E-state index contributed by atoms with van der Waals surface area (Å²) < 4.78 is 4.98. The maximum Gasteiger partial charge on any atom is 0.328 e. The first-order chi connectivity index (χ1) is 14.2. The summed E-state index contributed by atoms with van der Waals surface area (Å²) in [6.45, 7) is 0. The number of pyridine rings is 1. The molecule has 29 heavy (non-hydrogen) atoms. The Balaban J connectivity index is 1.76. The number of benzene rings is 3. The van der Waals surface area contributed by atoms with Gasteiger partial charge in [0.2, 0.25) is 0 Å². The van der Waals surface area contributed by atoms with Crippen LogP contribution in [0.1, 0.15) is 15.9 Å². The number of aromatic nitrogens is 1. The van der Waals surface area contributed by atoms with E-state index in [4.69, 9.17) is 4.74 Å². The van der Waals surface area contributed by atoms with Gasteiger partial charge in [0.15, 0.2) is 0 Å². The van der Waals surface area contributed by atoms with E-state index in [0.29, 0.717) is 12.0 Å². The second kappa shape index (κ2) is 8.10. The minimum absolute atomic E-state index is 0.320. The number of carbonyl (C=O) groups is 2. The molecule has 0 fully saturated rings. The monoisotopic (exact) mass is 384 g/mol. The number of fused-ring (bicyclic) bond motifs is 2. The van der Waals surface area contributed by atoms with Crippen LogP contribution in [-0.2, 0) is 16.0 Å². The molecule has 1 atom stereocenters. The van der Waals surface area contributed by atoms with Crippen molar-refractivity contribution in [2.45, 2.75) is 12.5 Å². The fraction of sp³-hybridized carbons (Fsp3) is 0.125. The summed E-state index contributed by atoms with van der Waals surface area (Å²) in [4.78, 5) is 29.1. The summed E-state index contributed by atoms with van der Waals surface area (Å²) in [6.07, 6.45) is 3.38. The van der Waals surface area contributed by atoms with E-state index in [1.54, 1.807) is 18.3 Å². The summed E-state index contributed by atoms with van der Waals surface area (Å²) >= 11 is 0. The highest BCUT2D eigenvalue weighted by molar-refractivity contribution is 6.03. The van der Waals surface area contributed by atoms with Gasteiger partial charge in [0.25, 0.3) is 5.91 Å². The minimum Gasteiger partial charge on any atom is -0.467 e. The second-order valence-electron chi connectivity index (χ2n) is 6.79. The van der Waals surface area contributed by atoms with E-state index in [1.807, 2.05) is 48.5 Å². The number of hydrogen-bond acceptors (Lipinski definition) is 4. The molecule has 5 heteroatoms. The van der Waals surface area contributed by atoms with Gasteiger partial charge in [-0.1, -0.05) is 48.5 Å². The van der Waals surface area contributed by atoms with Gasteiger partial charge in [-0.05, 0) is 45.3 Å². The Kier molecular flexibility index (Phi) is 5.20. The van der Waals surface area contributed by atoms with Crippen molar-refractivity contribution >= 4 is 33.4 Å². The molecule has 1 aromatic heterocycles. The second-order valence-corrected chi connectivity index (χ2v) is 6.79. The molecule has 0 radical (unpaired) electrons. The van der Waals surface area contributed by atoms with Crippen molar-refractivity contribution in [2.24, 2.45) is 0 Å². The zero-order chi connectivity index (χ0) is 20.2. The molecule has 0 bridgehead atoms. The first kappa shape index (κ1) is 18.6. The van der Waals surface area contributed by atoms with Crippen molar-refractivity contribution in [1.29, 1.82) is 0 Å². The lowest BCUT2D eigenvalue weighted by atomic mass is 9.92. The third kappa shape index (κ3) is 3.80. The summed E-state index contributed by atoms with van der Waals surface area (Å²) in [5.74, 6) is -0.850. The highest BCUT2D eigenvalue weighted by atomic mass is 16.5. The van der Waals surface area contributed by atoms with Gasteiger partial charge < -0.3 is 10.1 Å². The van der Waals surface area contributed by atoms with Crippen molar-refractivity contribution in [3.8, 4) is 0 Å². The lowest BCUT2D eigenvalue weighted by Gasteiger charge is -2.19. The number of methoxy groups -OCH3 is 1. The van der Waals surface area contributed by atoms with E-state index in [2.05, 4.69) is 16.4 Å². The largest absolute Gasteiger partial charge is 0.467 e. The number of rotatable bonds is 5. The molecule has 1 heterocycles. The topological polar surface area (TPSA) is 68.3 Å². The zero-order valence-corrected chi connectivity index (χ0v) is 16.0. The Labute approximate surface area is 168 Å². The van der Waals surface area contributed by atoms with Crippen LogP contribution in [-0.4, -0.2) is 30.0 Å². The van der Waals surface area contributed by atoms with Crippen molar-refractivity contribution in [3.63, 3.8) is 0 Å². The van der Waals surface area contributed by atoms with Crippen molar-refractivity contribution in [3.05, 3.63) is 90.3 Å². The first-order valence-electron chi connectivity index (χ1n) is 9.35. The molecule has 0 saturated heterocycles. The average Bonchev–Trinajstić information content (AvgIpc) is 2.78. The molecular weight excluding hydrogens is 364 g/mol. The Morgan fingerprint density at radius 2 is 1.62 bits per heavy atom. The van der Waals surface area contributed by atoms with Gasteiger partial charge in [0, 0.05) is 18.8 Å². The molecule has 3 aromatic carbocycles. The van der Waals surface area contributed by atoms with Gasteiger partial charge in [-0.25, -0.2) is 4.79 Å². The molecular formula is C24H20N2O3. The van der Waals surface area contributed by atoms with Crippen LogP contribution in [0.25, 0.3) is 21.5 Å². The predicted octanol–water partition coefficient (Wildman–Crippen LogP) is 3.90. The third-order valence-corrected chi connectivity index (χ3v) is 5.01. The number of carbonyl (C=O) groups excluding carboxylic acids is 2. The van der Waals surface area contributed by atoms with Gasteiger partial charge in [-0.3, -0.25) is 9.78 Å². The smallest absolute Gasteiger partial charge is 0.328 e. The number of esters is 1. The van der Waals surface area contributed by atoms with E-state index in [-0.39, 0.29) is 5.91 Å². The summed E-state index contributed by atoms with van der Waals surface area (Å²) in [5.41, 5.74) is 1.39. The average molecular weight is 384 g/mol. The number of ether oxygens (including phenoxy) is 1. The Hall–Kier alpha value is -3.73. The van der Waals surface area contributed by atoms with Crippen LogP contribution in [0.15, 0.2) is 79.1 Å². The molecule has 0 aliphatic carbocycles. The molecule has 0 spiro atoms. The van der Waals surface area contributed by atoms with Crippen molar-refractivity contribution in [2.75, 3.05) is 7.11 Å². The van der Waals surface area contributed by atoms with Gasteiger partial charge in [0.1, 0.15) is 6.04 Å². The Morgan fingerprint density at radius 3 is 2.21 bits per heavy atom. The van der Waals surface area contributed by atoms with Crippen LogP contribution < -0.4 is 5.32 Å². The van der Waals surface area contributed by atoms with Gasteiger partial charge in [-0.15, -0.1) is 0 Å². The molecule has 0 unspecified atom stereocenters. The molecule has 0 aliphatic heterocycles. The Bertz CT molecular complexity index is 1130. The number of hydrogen-bond donors (Lipinski definition) is 1. The molecule has 144 valence electrons. The highest BCUT2D eigenvalue weighted by Crippen LogP contribution is 2.29. The van der Waals surface area contributed by atoms with Gasteiger partial charge in [-0.2, -0.15) is 0 Å². The SMILES string of the molecule is COC(=O)[C@H](Cc1c2ccccc2cc2ccccc12)NC(=O)c1cccnc1. The lowest BCUT2D eigenvalue weighted by Crippen LogP contribution is -2.43. The third-order valence-electron chi connectivity index (χ3n) is 5.01. The molecule has 5 nitrogen and oxygen atoms in total. The summed E-state index contributed by atoms with van der Waals surface area (Å²) in [6, 6.07) is 20.7. The summed E-state index contributed by atoms with van der Waals surface area (Å²) in [5, 5.41) is 7.08. The van der Waals surface area contributed by atoms with Crippen LogP contribution in [0.4, 0.5) is 0 Å².